The summed E-state index contributed by atoms with van der Waals surface area (Å²) in [5.41, 5.74) is 1.39. The van der Waals surface area contributed by atoms with Gasteiger partial charge in [0.15, 0.2) is 5.69 Å². The van der Waals surface area contributed by atoms with E-state index in [0.717, 1.165) is 10.4 Å². The Morgan fingerprint density at radius 2 is 2.04 bits per heavy atom. The van der Waals surface area contributed by atoms with E-state index in [9.17, 15) is 9.59 Å². The van der Waals surface area contributed by atoms with Gasteiger partial charge in [-0.15, -0.1) is 5.10 Å². The van der Waals surface area contributed by atoms with E-state index >= 15 is 0 Å². The summed E-state index contributed by atoms with van der Waals surface area (Å²) in [5.74, 6) is -0.649. The minimum atomic E-state index is -0.649. The van der Waals surface area contributed by atoms with Crippen molar-refractivity contribution in [3.8, 4) is 16.9 Å². The van der Waals surface area contributed by atoms with Gasteiger partial charge in [0.25, 0.3) is 5.56 Å². The van der Waals surface area contributed by atoms with E-state index in [1.165, 1.54) is 19.4 Å². The highest BCUT2D eigenvalue weighted by atomic mass is 79.9. The lowest BCUT2D eigenvalue weighted by molar-refractivity contribution is 0.0591. The second-order valence-electron chi connectivity index (χ2n) is 4.76. The monoisotopic (exact) mass is 390 g/mol. The largest absolute Gasteiger partial charge is 0.464 e. The van der Waals surface area contributed by atoms with Gasteiger partial charge in [0.2, 0.25) is 0 Å². The van der Waals surface area contributed by atoms with Crippen molar-refractivity contribution >= 4 is 21.9 Å². The molecule has 10 heteroatoms. The molecule has 0 radical (unpaired) electrons. The van der Waals surface area contributed by atoms with Crippen LogP contribution >= 0.6 is 15.9 Å². The molecule has 0 saturated carbocycles. The highest BCUT2D eigenvalue weighted by Crippen LogP contribution is 2.19. The Hall–Kier alpha value is -2.88. The first kappa shape index (κ1) is 16.0. The first-order valence-corrected chi connectivity index (χ1v) is 7.49. The zero-order chi connectivity index (χ0) is 17.3. The van der Waals surface area contributed by atoms with Crippen molar-refractivity contribution in [1.82, 2.24) is 29.8 Å². The molecule has 3 aromatic heterocycles. The molecule has 0 bridgehead atoms. The lowest BCUT2D eigenvalue weighted by Crippen LogP contribution is -2.25. The van der Waals surface area contributed by atoms with E-state index in [2.05, 4.69) is 41.1 Å². The number of esters is 1. The topological polar surface area (TPSA) is 105 Å². The van der Waals surface area contributed by atoms with Gasteiger partial charge in [-0.25, -0.2) is 9.48 Å². The SMILES string of the molecule is COC(=O)c1cc(Br)c(=O)n(-c2cncc(-c3cnnn3C)c2)n1. The molecule has 0 aromatic carbocycles. The molecule has 0 aliphatic heterocycles. The van der Waals surface area contributed by atoms with E-state index in [1.54, 1.807) is 30.2 Å². The minimum absolute atomic E-state index is 0.00317. The molecule has 3 rings (SSSR count). The third-order valence-electron chi connectivity index (χ3n) is 3.24. The van der Waals surface area contributed by atoms with Gasteiger partial charge in [-0.3, -0.25) is 9.78 Å². The van der Waals surface area contributed by atoms with Crippen molar-refractivity contribution < 1.29 is 9.53 Å². The number of pyridine rings is 1. The molecule has 0 N–H and O–H groups in total. The Morgan fingerprint density at radius 1 is 1.25 bits per heavy atom. The average Bonchev–Trinajstić information content (AvgIpc) is 3.02. The molecular formula is C14H11BrN6O3. The van der Waals surface area contributed by atoms with Gasteiger partial charge in [-0.2, -0.15) is 9.78 Å². The second-order valence-corrected chi connectivity index (χ2v) is 5.62. The third kappa shape index (κ3) is 2.83. The molecule has 0 unspecified atom stereocenters. The zero-order valence-corrected chi connectivity index (χ0v) is 14.3. The maximum Gasteiger partial charge on any atom is 0.358 e. The van der Waals surface area contributed by atoms with Crippen LogP contribution in [0.1, 0.15) is 10.5 Å². The number of methoxy groups -OCH3 is 1. The number of carbonyl (C=O) groups is 1. The van der Waals surface area contributed by atoms with Crippen LogP contribution in [0.25, 0.3) is 16.9 Å². The van der Waals surface area contributed by atoms with Gasteiger partial charge in [-0.1, -0.05) is 5.21 Å². The molecule has 122 valence electrons. The predicted molar refractivity (Wildman–Crippen MR) is 86.7 cm³/mol. The lowest BCUT2D eigenvalue weighted by atomic mass is 10.2. The van der Waals surface area contributed by atoms with Crippen LogP contribution in [0.2, 0.25) is 0 Å². The van der Waals surface area contributed by atoms with Gasteiger partial charge in [0, 0.05) is 18.8 Å². The van der Waals surface area contributed by atoms with Crippen LogP contribution in [0.5, 0.6) is 0 Å². The number of nitrogens with zero attached hydrogens (tertiary/aromatic N) is 6. The molecule has 0 amide bonds. The van der Waals surface area contributed by atoms with E-state index in [-0.39, 0.29) is 10.2 Å². The molecular weight excluding hydrogens is 380 g/mol. The fourth-order valence-corrected chi connectivity index (χ4v) is 2.46. The summed E-state index contributed by atoms with van der Waals surface area (Å²) in [4.78, 5) is 28.2. The molecule has 3 aromatic rings. The van der Waals surface area contributed by atoms with Crippen LogP contribution in [-0.4, -0.2) is 42.8 Å². The molecule has 0 aliphatic carbocycles. The van der Waals surface area contributed by atoms with Gasteiger partial charge >= 0.3 is 5.97 Å². The van der Waals surface area contributed by atoms with E-state index < -0.39 is 11.5 Å². The van der Waals surface area contributed by atoms with Gasteiger partial charge in [-0.05, 0) is 28.1 Å². The highest BCUT2D eigenvalue weighted by Gasteiger charge is 2.15. The quantitative estimate of drug-likeness (QED) is 0.613. The number of halogens is 1. The molecule has 0 fully saturated rings. The Labute approximate surface area is 144 Å². The second kappa shape index (κ2) is 6.32. The van der Waals surface area contributed by atoms with E-state index in [4.69, 9.17) is 0 Å². The summed E-state index contributed by atoms with van der Waals surface area (Å²) < 4.78 is 7.49. The van der Waals surface area contributed by atoms with Crippen molar-refractivity contribution in [2.75, 3.05) is 7.11 Å². The van der Waals surface area contributed by atoms with Crippen LogP contribution in [0, 0.1) is 0 Å². The molecule has 9 nitrogen and oxygen atoms in total. The number of ether oxygens (including phenoxy) is 1. The molecule has 0 atom stereocenters. The number of hydrogen-bond donors (Lipinski definition) is 0. The summed E-state index contributed by atoms with van der Waals surface area (Å²) in [6.45, 7) is 0. The van der Waals surface area contributed by atoms with E-state index in [0.29, 0.717) is 11.3 Å². The lowest BCUT2D eigenvalue weighted by Gasteiger charge is -2.08. The number of hydrogen-bond acceptors (Lipinski definition) is 7. The van der Waals surface area contributed by atoms with Crippen molar-refractivity contribution in [1.29, 1.82) is 0 Å². The molecule has 0 aliphatic rings. The maximum atomic E-state index is 12.3. The van der Waals surface area contributed by atoms with Gasteiger partial charge in [0.1, 0.15) is 0 Å². The average molecular weight is 391 g/mol. The first-order chi connectivity index (χ1) is 11.5. The number of aryl methyl sites for hydroxylation is 1. The Balaban J connectivity index is 2.16. The zero-order valence-electron chi connectivity index (χ0n) is 12.7. The van der Waals surface area contributed by atoms with Crippen LogP contribution in [0.3, 0.4) is 0 Å². The van der Waals surface area contributed by atoms with E-state index in [1.807, 2.05) is 0 Å². The predicted octanol–water partition coefficient (Wildman–Crippen LogP) is 0.972. The van der Waals surface area contributed by atoms with Crippen molar-refractivity contribution in [2.24, 2.45) is 7.05 Å². The summed E-state index contributed by atoms with van der Waals surface area (Å²) >= 11 is 3.13. The minimum Gasteiger partial charge on any atom is -0.464 e. The standard InChI is InChI=1S/C14H11BrN6O3/c1-20-12(7-17-19-20)8-3-9(6-16-5-8)21-13(22)10(15)4-11(18-21)14(23)24-2/h3-7H,1-2H3. The summed E-state index contributed by atoms with van der Waals surface area (Å²) in [6.07, 6.45) is 4.67. The van der Waals surface area contributed by atoms with Crippen molar-refractivity contribution in [3.63, 3.8) is 0 Å². The number of carbonyl (C=O) groups excluding carboxylic acids is 1. The third-order valence-corrected chi connectivity index (χ3v) is 3.81. The van der Waals surface area contributed by atoms with Gasteiger partial charge < -0.3 is 4.74 Å². The smallest absolute Gasteiger partial charge is 0.358 e. The number of rotatable bonds is 3. The van der Waals surface area contributed by atoms with Crippen LogP contribution in [-0.2, 0) is 11.8 Å². The Morgan fingerprint density at radius 3 is 2.71 bits per heavy atom. The highest BCUT2D eigenvalue weighted by molar-refractivity contribution is 9.10. The Bertz CT molecular complexity index is 981. The molecule has 3 heterocycles. The normalized spacial score (nSPS) is 10.6. The van der Waals surface area contributed by atoms with Crippen molar-refractivity contribution in [2.45, 2.75) is 0 Å². The van der Waals surface area contributed by atoms with Crippen LogP contribution in [0.15, 0.2) is 40.0 Å². The summed E-state index contributed by atoms with van der Waals surface area (Å²) in [7, 11) is 2.98. The first-order valence-electron chi connectivity index (χ1n) is 6.70. The number of aromatic nitrogens is 6. The van der Waals surface area contributed by atoms with Crippen LogP contribution in [0.4, 0.5) is 0 Å². The Kier molecular flexibility index (Phi) is 4.21. The van der Waals surface area contributed by atoms with Crippen LogP contribution < -0.4 is 5.56 Å². The molecule has 0 spiro atoms. The fourth-order valence-electron chi connectivity index (χ4n) is 2.08. The molecule has 24 heavy (non-hydrogen) atoms. The van der Waals surface area contributed by atoms with Gasteiger partial charge in [0.05, 0.1) is 35.4 Å². The maximum absolute atomic E-state index is 12.3. The van der Waals surface area contributed by atoms with Crippen molar-refractivity contribution in [3.05, 3.63) is 51.2 Å². The summed E-state index contributed by atoms with van der Waals surface area (Å²) in [6, 6.07) is 3.01. The molecule has 0 saturated heterocycles. The summed E-state index contributed by atoms with van der Waals surface area (Å²) in [5, 5.41) is 11.7. The fraction of sp³-hybridized carbons (Fsp3) is 0.143.